The van der Waals surface area contributed by atoms with E-state index in [0.29, 0.717) is 24.3 Å². The van der Waals surface area contributed by atoms with Gasteiger partial charge < -0.3 is 15.5 Å². The molecule has 0 spiro atoms. The second-order valence-electron chi connectivity index (χ2n) is 8.29. The van der Waals surface area contributed by atoms with Crippen molar-refractivity contribution in [2.24, 2.45) is 0 Å². The molecule has 3 heterocycles. The normalized spacial score (nSPS) is 16.5. The van der Waals surface area contributed by atoms with E-state index in [9.17, 15) is 4.79 Å². The molecule has 0 saturated carbocycles. The summed E-state index contributed by atoms with van der Waals surface area (Å²) in [6.07, 6.45) is 0. The fourth-order valence-corrected chi connectivity index (χ4v) is 4.35. The number of hydrogen-bond acceptors (Lipinski definition) is 6. The van der Waals surface area contributed by atoms with Gasteiger partial charge in [-0.25, -0.2) is 9.97 Å². The Morgan fingerprint density at radius 2 is 1.62 bits per heavy atom. The third-order valence-electron chi connectivity index (χ3n) is 6.11. The third-order valence-corrected chi connectivity index (χ3v) is 6.11. The van der Waals surface area contributed by atoms with Crippen LogP contribution in [0.5, 0.6) is 0 Å². The van der Waals surface area contributed by atoms with Crippen LogP contribution in [0.15, 0.2) is 42.5 Å². The van der Waals surface area contributed by atoms with Crippen molar-refractivity contribution in [2.45, 2.75) is 33.5 Å². The summed E-state index contributed by atoms with van der Waals surface area (Å²) >= 11 is 0. The number of carbonyl (C=O) groups excluding carboxylic acids is 1. The van der Waals surface area contributed by atoms with Gasteiger partial charge in [-0.3, -0.25) is 9.69 Å². The molecule has 1 amide bonds. The summed E-state index contributed by atoms with van der Waals surface area (Å²) in [5.41, 5.74) is 10.6. The lowest BCUT2D eigenvalue weighted by molar-refractivity contribution is 0.0747. The third kappa shape index (κ3) is 4.59. The van der Waals surface area contributed by atoms with Gasteiger partial charge in [0, 0.05) is 51.2 Å². The quantitative estimate of drug-likeness (QED) is 0.685. The number of nitrogens with two attached hydrogens (primary N) is 1. The number of anilines is 1. The van der Waals surface area contributed by atoms with Crippen molar-refractivity contribution >= 4 is 22.8 Å². The number of rotatable bonds is 3. The molecule has 32 heavy (non-hydrogen) atoms. The molecular weight excluding hydrogens is 400 g/mol. The van der Waals surface area contributed by atoms with Crippen molar-refractivity contribution in [3.8, 4) is 0 Å². The monoisotopic (exact) mass is 432 g/mol. The van der Waals surface area contributed by atoms with E-state index >= 15 is 0 Å². The number of likely N-dealkylation sites (N-methyl/N-ethyl adjacent to an activating group) is 1. The lowest BCUT2D eigenvalue weighted by Gasteiger charge is -2.32. The molecule has 0 bridgehead atoms. The molecular formula is C25H32N6O. The van der Waals surface area contributed by atoms with E-state index in [1.54, 1.807) is 0 Å². The van der Waals surface area contributed by atoms with Crippen LogP contribution < -0.4 is 5.73 Å². The zero-order chi connectivity index (χ0) is 22.7. The Morgan fingerprint density at radius 1 is 0.969 bits per heavy atom. The molecule has 2 N–H and O–H groups in total. The average Bonchev–Trinajstić information content (AvgIpc) is 3.25. The molecule has 3 aromatic rings. The second kappa shape index (κ2) is 9.63. The van der Waals surface area contributed by atoms with Gasteiger partial charge in [-0.05, 0) is 35.9 Å². The Labute approximate surface area is 189 Å². The molecule has 0 atom stereocenters. The van der Waals surface area contributed by atoms with E-state index < -0.39 is 0 Å². The minimum absolute atomic E-state index is 0.0953. The van der Waals surface area contributed by atoms with Crippen LogP contribution in [0, 0.1) is 0 Å². The Morgan fingerprint density at radius 3 is 2.28 bits per heavy atom. The molecule has 1 saturated heterocycles. The van der Waals surface area contributed by atoms with Gasteiger partial charge in [-0.1, -0.05) is 44.2 Å². The van der Waals surface area contributed by atoms with E-state index in [1.165, 1.54) is 16.7 Å². The number of fused-ring (bicyclic) bond motifs is 2. The molecule has 0 aliphatic carbocycles. The number of piperazine rings is 1. The van der Waals surface area contributed by atoms with Gasteiger partial charge >= 0.3 is 0 Å². The highest BCUT2D eigenvalue weighted by atomic mass is 16.2. The number of aromatic nitrogens is 2. The lowest BCUT2D eigenvalue weighted by Crippen LogP contribution is -2.43. The first kappa shape index (κ1) is 22.2. The van der Waals surface area contributed by atoms with Crippen LogP contribution in [0.3, 0.4) is 0 Å². The Hall–Kier alpha value is -3.03. The number of nitrogens with zero attached hydrogens (tertiary/aromatic N) is 5. The average molecular weight is 433 g/mol. The summed E-state index contributed by atoms with van der Waals surface area (Å²) < 4.78 is 0. The number of nitrogen functional groups attached to an aromatic ring is 1. The summed E-state index contributed by atoms with van der Waals surface area (Å²) in [4.78, 5) is 28.7. The van der Waals surface area contributed by atoms with Crippen molar-refractivity contribution in [1.82, 2.24) is 24.7 Å². The fourth-order valence-electron chi connectivity index (χ4n) is 4.35. The van der Waals surface area contributed by atoms with Crippen LogP contribution in [0.1, 0.15) is 41.0 Å². The molecule has 1 fully saturated rings. The van der Waals surface area contributed by atoms with Gasteiger partial charge in [-0.15, -0.1) is 0 Å². The van der Waals surface area contributed by atoms with Gasteiger partial charge in [0.25, 0.3) is 5.91 Å². The summed E-state index contributed by atoms with van der Waals surface area (Å²) in [6, 6.07) is 14.3. The van der Waals surface area contributed by atoms with Crippen molar-refractivity contribution < 1.29 is 4.79 Å². The smallest absolute Gasteiger partial charge is 0.273 e. The van der Waals surface area contributed by atoms with Crippen molar-refractivity contribution in [3.05, 3.63) is 64.8 Å². The zero-order valence-corrected chi connectivity index (χ0v) is 19.2. The van der Waals surface area contributed by atoms with Gasteiger partial charge in [0.05, 0.1) is 5.52 Å². The fraction of sp³-hybridized carbons (Fsp3) is 0.400. The minimum Gasteiger partial charge on any atom is -0.368 e. The van der Waals surface area contributed by atoms with Gasteiger partial charge in [0.1, 0.15) is 5.69 Å². The molecule has 1 aromatic heterocycles. The molecule has 2 aliphatic heterocycles. The predicted octanol–water partition coefficient (Wildman–Crippen LogP) is 3.14. The summed E-state index contributed by atoms with van der Waals surface area (Å²) in [5.74, 6) is 0.0384. The van der Waals surface area contributed by atoms with E-state index in [0.717, 1.165) is 38.1 Å². The molecule has 168 valence electrons. The maximum Gasteiger partial charge on any atom is 0.273 e. The predicted molar refractivity (Wildman–Crippen MR) is 128 cm³/mol. The maximum absolute atomic E-state index is 13.4. The molecule has 0 unspecified atom stereocenters. The van der Waals surface area contributed by atoms with Crippen LogP contribution in [0.2, 0.25) is 0 Å². The van der Waals surface area contributed by atoms with Crippen LogP contribution in [0.25, 0.3) is 10.9 Å². The van der Waals surface area contributed by atoms with Gasteiger partial charge in [0.2, 0.25) is 5.95 Å². The highest BCUT2D eigenvalue weighted by Gasteiger charge is 2.27. The molecule has 2 aromatic carbocycles. The van der Waals surface area contributed by atoms with Crippen LogP contribution in [0.4, 0.5) is 5.95 Å². The first-order chi connectivity index (χ1) is 15.6. The largest absolute Gasteiger partial charge is 0.368 e. The van der Waals surface area contributed by atoms with Crippen LogP contribution in [-0.2, 0) is 19.6 Å². The first-order valence-corrected chi connectivity index (χ1v) is 11.4. The minimum atomic E-state index is -0.0953. The van der Waals surface area contributed by atoms with E-state index in [4.69, 9.17) is 5.73 Å². The number of hydrogen-bond donors (Lipinski definition) is 1. The van der Waals surface area contributed by atoms with Crippen LogP contribution in [-0.4, -0.2) is 63.8 Å². The summed E-state index contributed by atoms with van der Waals surface area (Å²) in [5, 5.41) is 0.775. The standard InChI is InChI=1S/C23H26N6O.C2H6/c1-27-8-10-28(11-9-27)13-16-6-7-20-19(12-16)21(26-23(24)25-20)22(30)29-14-17-4-2-3-5-18(17)15-29;1-2/h2-7,12H,8-11,13-15H2,1H3,(H2,24,25,26);1-2H3. The Balaban J connectivity index is 0.00000119. The van der Waals surface area contributed by atoms with E-state index in [-0.39, 0.29) is 11.9 Å². The lowest BCUT2D eigenvalue weighted by atomic mass is 10.1. The van der Waals surface area contributed by atoms with Crippen molar-refractivity contribution in [3.63, 3.8) is 0 Å². The van der Waals surface area contributed by atoms with Crippen LogP contribution >= 0.6 is 0 Å². The Bertz CT molecular complexity index is 1080. The second-order valence-corrected chi connectivity index (χ2v) is 8.29. The number of carbonyl (C=O) groups is 1. The molecule has 7 heteroatoms. The van der Waals surface area contributed by atoms with Gasteiger partial charge in [-0.2, -0.15) is 0 Å². The highest BCUT2D eigenvalue weighted by molar-refractivity contribution is 6.05. The van der Waals surface area contributed by atoms with Gasteiger partial charge in [0.15, 0.2) is 0 Å². The van der Waals surface area contributed by atoms with E-state index in [2.05, 4.69) is 51.1 Å². The zero-order valence-electron chi connectivity index (χ0n) is 19.2. The number of amides is 1. The Kier molecular flexibility index (Phi) is 6.67. The SMILES string of the molecule is CC.CN1CCN(Cc2ccc3nc(N)nc(C(=O)N4Cc5ccccc5C4)c3c2)CC1. The summed E-state index contributed by atoms with van der Waals surface area (Å²) in [7, 11) is 2.16. The first-order valence-electron chi connectivity index (χ1n) is 11.4. The van der Waals surface area contributed by atoms with E-state index in [1.807, 2.05) is 36.9 Å². The van der Waals surface area contributed by atoms with Crippen molar-refractivity contribution in [1.29, 1.82) is 0 Å². The molecule has 7 nitrogen and oxygen atoms in total. The molecule has 2 aliphatic rings. The topological polar surface area (TPSA) is 78.6 Å². The van der Waals surface area contributed by atoms with Crippen molar-refractivity contribution in [2.75, 3.05) is 39.0 Å². The summed E-state index contributed by atoms with van der Waals surface area (Å²) in [6.45, 7) is 10.3. The maximum atomic E-state index is 13.4. The number of benzene rings is 2. The molecule has 0 radical (unpaired) electrons. The highest BCUT2D eigenvalue weighted by Crippen LogP contribution is 2.27. The molecule has 5 rings (SSSR count).